The average Bonchev–Trinajstić information content (AvgIpc) is 3.13. The third-order valence-corrected chi connectivity index (χ3v) is 6.59. The van der Waals surface area contributed by atoms with Crippen molar-refractivity contribution in [1.82, 2.24) is 4.40 Å². The maximum Gasteiger partial charge on any atom is 0.320 e. The third kappa shape index (κ3) is 2.89. The minimum Gasteiger partial charge on any atom is -0.480 e. The highest BCUT2D eigenvalue weighted by molar-refractivity contribution is 8.01. The topological polar surface area (TPSA) is 74.7 Å². The standard InChI is InChI=1S/C21H18N2O3S/c1-26-15-11-21(12-15,20(24)25)27-19-7-3-2-5-16(19)18-9-8-14(13-22)17-6-4-10-23(17)18/h2-10,15H,11-12H2,1H3,(H,24,25). The Bertz CT molecular complexity index is 1060. The molecule has 0 saturated heterocycles. The molecule has 0 aliphatic heterocycles. The van der Waals surface area contributed by atoms with E-state index in [9.17, 15) is 15.2 Å². The maximum absolute atomic E-state index is 12.0. The number of aliphatic carboxylic acids is 1. The summed E-state index contributed by atoms with van der Waals surface area (Å²) in [6, 6.07) is 17.6. The lowest BCUT2D eigenvalue weighted by molar-refractivity contribution is -0.146. The van der Waals surface area contributed by atoms with Crippen LogP contribution in [0.1, 0.15) is 18.4 Å². The van der Waals surface area contributed by atoms with Crippen LogP contribution in [0, 0.1) is 11.3 Å². The Labute approximate surface area is 161 Å². The van der Waals surface area contributed by atoms with Gasteiger partial charge in [-0.15, -0.1) is 11.8 Å². The van der Waals surface area contributed by atoms with Gasteiger partial charge in [-0.3, -0.25) is 4.79 Å². The van der Waals surface area contributed by atoms with Gasteiger partial charge in [-0.2, -0.15) is 5.26 Å². The van der Waals surface area contributed by atoms with Crippen LogP contribution >= 0.6 is 11.8 Å². The highest BCUT2D eigenvalue weighted by Gasteiger charge is 2.52. The van der Waals surface area contributed by atoms with Gasteiger partial charge in [-0.1, -0.05) is 18.2 Å². The second-order valence-corrected chi connectivity index (χ2v) is 8.10. The van der Waals surface area contributed by atoms with Crippen molar-refractivity contribution in [3.63, 3.8) is 0 Å². The first-order valence-electron chi connectivity index (χ1n) is 8.63. The predicted molar refractivity (Wildman–Crippen MR) is 104 cm³/mol. The average molecular weight is 378 g/mol. The summed E-state index contributed by atoms with van der Waals surface area (Å²) in [5.74, 6) is -0.804. The zero-order valence-corrected chi connectivity index (χ0v) is 15.6. The van der Waals surface area contributed by atoms with E-state index in [0.29, 0.717) is 18.4 Å². The predicted octanol–water partition coefficient (Wildman–Crippen LogP) is 4.20. The van der Waals surface area contributed by atoms with Crippen molar-refractivity contribution >= 4 is 23.2 Å². The number of benzene rings is 1. The van der Waals surface area contributed by atoms with E-state index in [-0.39, 0.29) is 6.10 Å². The number of ether oxygens (including phenoxy) is 1. The molecule has 4 rings (SSSR count). The number of pyridine rings is 1. The first kappa shape index (κ1) is 17.7. The smallest absolute Gasteiger partial charge is 0.320 e. The quantitative estimate of drug-likeness (QED) is 0.720. The summed E-state index contributed by atoms with van der Waals surface area (Å²) >= 11 is 1.39. The molecule has 1 aliphatic carbocycles. The van der Waals surface area contributed by atoms with Gasteiger partial charge >= 0.3 is 5.97 Å². The van der Waals surface area contributed by atoms with Crippen molar-refractivity contribution in [2.75, 3.05) is 7.11 Å². The van der Waals surface area contributed by atoms with E-state index in [4.69, 9.17) is 4.74 Å². The van der Waals surface area contributed by atoms with Crippen molar-refractivity contribution in [3.8, 4) is 17.3 Å². The monoisotopic (exact) mass is 378 g/mol. The largest absolute Gasteiger partial charge is 0.480 e. The molecule has 6 heteroatoms. The highest BCUT2D eigenvalue weighted by Crippen LogP contribution is 2.51. The molecular weight excluding hydrogens is 360 g/mol. The van der Waals surface area contributed by atoms with Gasteiger partial charge in [0.25, 0.3) is 0 Å². The van der Waals surface area contributed by atoms with E-state index in [0.717, 1.165) is 21.7 Å². The normalized spacial score (nSPS) is 21.6. The van der Waals surface area contributed by atoms with E-state index < -0.39 is 10.7 Å². The van der Waals surface area contributed by atoms with E-state index in [1.807, 2.05) is 59.1 Å². The number of carboxylic acid groups (broad SMARTS) is 1. The molecule has 27 heavy (non-hydrogen) atoms. The van der Waals surface area contributed by atoms with Crippen LogP contribution in [0.2, 0.25) is 0 Å². The Morgan fingerprint density at radius 2 is 2.04 bits per heavy atom. The van der Waals surface area contributed by atoms with E-state index in [2.05, 4.69) is 6.07 Å². The van der Waals surface area contributed by atoms with Crippen LogP contribution in [-0.2, 0) is 9.53 Å². The molecular formula is C21H18N2O3S. The molecule has 136 valence electrons. The molecule has 0 amide bonds. The minimum atomic E-state index is -0.862. The zero-order valence-electron chi connectivity index (χ0n) is 14.8. The molecule has 0 unspecified atom stereocenters. The number of thioether (sulfide) groups is 1. The summed E-state index contributed by atoms with van der Waals surface area (Å²) in [6.45, 7) is 0. The Hall–Kier alpha value is -2.75. The van der Waals surface area contributed by atoms with Crippen LogP contribution in [0.3, 0.4) is 0 Å². The van der Waals surface area contributed by atoms with Gasteiger partial charge in [-0.25, -0.2) is 0 Å². The highest BCUT2D eigenvalue weighted by atomic mass is 32.2. The van der Waals surface area contributed by atoms with E-state index in [1.165, 1.54) is 11.8 Å². The number of carbonyl (C=O) groups is 1. The van der Waals surface area contributed by atoms with E-state index >= 15 is 0 Å². The van der Waals surface area contributed by atoms with Gasteiger partial charge in [0.2, 0.25) is 0 Å². The molecule has 0 atom stereocenters. The molecule has 1 aliphatic rings. The van der Waals surface area contributed by atoms with Crippen molar-refractivity contribution in [2.24, 2.45) is 0 Å². The maximum atomic E-state index is 12.0. The second-order valence-electron chi connectivity index (χ2n) is 6.67. The van der Waals surface area contributed by atoms with Crippen LogP contribution in [0.5, 0.6) is 0 Å². The van der Waals surface area contributed by atoms with Crippen LogP contribution in [0.4, 0.5) is 0 Å². The molecule has 2 heterocycles. The molecule has 1 aromatic carbocycles. The summed E-state index contributed by atoms with van der Waals surface area (Å²) in [7, 11) is 1.62. The molecule has 1 N–H and O–H groups in total. The zero-order chi connectivity index (χ0) is 19.0. The summed E-state index contributed by atoms with van der Waals surface area (Å²) in [4.78, 5) is 12.9. The van der Waals surface area contributed by atoms with Crippen molar-refractivity contribution in [1.29, 1.82) is 5.26 Å². The number of hydrogen-bond acceptors (Lipinski definition) is 4. The summed E-state index contributed by atoms with van der Waals surface area (Å²) < 4.78 is 6.42. The fraction of sp³-hybridized carbons (Fsp3) is 0.238. The molecule has 3 aromatic rings. The second kappa shape index (κ2) is 6.76. The minimum absolute atomic E-state index is 0.00756. The van der Waals surface area contributed by atoms with Gasteiger partial charge in [0.1, 0.15) is 10.8 Å². The molecule has 1 fully saturated rings. The summed E-state index contributed by atoms with van der Waals surface area (Å²) in [5, 5.41) is 19.1. The van der Waals surface area contributed by atoms with Gasteiger partial charge in [0, 0.05) is 23.8 Å². The lowest BCUT2D eigenvalue weighted by Gasteiger charge is -2.43. The molecule has 5 nitrogen and oxygen atoms in total. The Kier molecular flexibility index (Phi) is 4.42. The number of rotatable bonds is 5. The van der Waals surface area contributed by atoms with Gasteiger partial charge in [-0.05, 0) is 43.2 Å². The van der Waals surface area contributed by atoms with E-state index in [1.54, 1.807) is 7.11 Å². The number of hydrogen-bond donors (Lipinski definition) is 1. The number of fused-ring (bicyclic) bond motifs is 1. The number of methoxy groups -OCH3 is 1. The molecule has 0 bridgehead atoms. The number of aromatic nitrogens is 1. The van der Waals surface area contributed by atoms with Crippen molar-refractivity contribution in [2.45, 2.75) is 28.6 Å². The summed E-state index contributed by atoms with van der Waals surface area (Å²) in [6.07, 6.45) is 2.89. The molecule has 0 spiro atoms. The van der Waals surface area contributed by atoms with Crippen LogP contribution < -0.4 is 0 Å². The molecule has 1 saturated carbocycles. The number of carboxylic acids is 1. The van der Waals surface area contributed by atoms with Gasteiger partial charge < -0.3 is 14.2 Å². The first-order valence-corrected chi connectivity index (χ1v) is 9.44. The Morgan fingerprint density at radius 1 is 1.26 bits per heavy atom. The molecule has 0 radical (unpaired) electrons. The van der Waals surface area contributed by atoms with Crippen LogP contribution in [0.15, 0.2) is 59.6 Å². The fourth-order valence-corrected chi connectivity index (χ4v) is 5.05. The lowest BCUT2D eigenvalue weighted by atomic mass is 9.81. The first-order chi connectivity index (χ1) is 13.1. The van der Waals surface area contributed by atoms with Gasteiger partial charge in [0.05, 0.1) is 22.9 Å². The van der Waals surface area contributed by atoms with Crippen molar-refractivity contribution in [3.05, 3.63) is 60.3 Å². The third-order valence-electron chi connectivity index (χ3n) is 5.12. The lowest BCUT2D eigenvalue weighted by Crippen LogP contribution is -2.51. The SMILES string of the molecule is COC1CC(Sc2ccccc2-c2ccc(C#N)c3cccn23)(C(=O)O)C1. The Morgan fingerprint density at radius 3 is 2.74 bits per heavy atom. The van der Waals surface area contributed by atoms with Crippen molar-refractivity contribution < 1.29 is 14.6 Å². The van der Waals surface area contributed by atoms with Crippen LogP contribution in [0.25, 0.3) is 16.8 Å². The fourth-order valence-electron chi connectivity index (χ4n) is 3.57. The number of nitrogens with zero attached hydrogens (tertiary/aromatic N) is 2. The Balaban J connectivity index is 1.78. The van der Waals surface area contributed by atoms with Gasteiger partial charge in [0.15, 0.2) is 0 Å². The molecule has 2 aromatic heterocycles. The van der Waals surface area contributed by atoms with Crippen LogP contribution in [-0.4, -0.2) is 33.4 Å². The number of nitriles is 1. The summed E-state index contributed by atoms with van der Waals surface area (Å²) in [5.41, 5.74) is 3.33.